The standard InChI is InChI=1S/C12H9NO4/c14-9-6-5-7-3-1-2-4-8(7)13(10(9)15)11-12(16)17-11/h1-4,11H,5-6H2. The van der Waals surface area contributed by atoms with Crippen LogP contribution in [0.1, 0.15) is 12.0 Å². The van der Waals surface area contributed by atoms with Crippen molar-refractivity contribution in [2.45, 2.75) is 19.1 Å². The van der Waals surface area contributed by atoms with E-state index in [0.717, 1.165) is 10.5 Å². The number of anilines is 1. The van der Waals surface area contributed by atoms with Gasteiger partial charge in [0.15, 0.2) is 0 Å². The summed E-state index contributed by atoms with van der Waals surface area (Å²) in [5.41, 5.74) is 1.48. The van der Waals surface area contributed by atoms with Gasteiger partial charge in [-0.05, 0) is 18.1 Å². The molecule has 0 saturated carbocycles. The van der Waals surface area contributed by atoms with E-state index in [1.165, 1.54) is 0 Å². The van der Waals surface area contributed by atoms with E-state index in [1.807, 2.05) is 12.1 Å². The Bertz CT molecular complexity index is 537. The summed E-state index contributed by atoms with van der Waals surface area (Å²) in [5, 5.41) is 0. The van der Waals surface area contributed by atoms with E-state index in [2.05, 4.69) is 0 Å². The molecule has 5 heteroatoms. The zero-order chi connectivity index (χ0) is 12.0. The molecule has 2 aliphatic heterocycles. The summed E-state index contributed by atoms with van der Waals surface area (Å²) in [4.78, 5) is 35.6. The second kappa shape index (κ2) is 3.41. The Hall–Kier alpha value is -2.17. The van der Waals surface area contributed by atoms with Crippen LogP contribution in [0.4, 0.5) is 5.69 Å². The lowest BCUT2D eigenvalue weighted by Gasteiger charge is -2.17. The normalized spacial score (nSPS) is 22.9. The molecule has 1 aromatic carbocycles. The summed E-state index contributed by atoms with van der Waals surface area (Å²) in [6.07, 6.45) is -0.225. The van der Waals surface area contributed by atoms with Crippen LogP contribution in [0, 0.1) is 0 Å². The highest BCUT2D eigenvalue weighted by atomic mass is 16.7. The average Bonchev–Trinajstić information content (AvgIpc) is 3.05. The van der Waals surface area contributed by atoms with Crippen LogP contribution in [0.3, 0.4) is 0 Å². The Balaban J connectivity index is 2.10. The number of epoxide rings is 1. The summed E-state index contributed by atoms with van der Waals surface area (Å²) in [6, 6.07) is 7.18. The molecular formula is C12H9NO4. The molecule has 2 heterocycles. The molecule has 0 radical (unpaired) electrons. The SMILES string of the molecule is O=C1CCc2ccccc2N(C2OC2=O)C1=O. The number of benzene rings is 1. The van der Waals surface area contributed by atoms with Gasteiger partial charge in [0.25, 0.3) is 12.1 Å². The van der Waals surface area contributed by atoms with Gasteiger partial charge in [-0.1, -0.05) is 18.2 Å². The minimum Gasteiger partial charge on any atom is -0.425 e. The third kappa shape index (κ3) is 1.51. The second-order valence-electron chi connectivity index (χ2n) is 4.02. The van der Waals surface area contributed by atoms with Crippen LogP contribution in [-0.4, -0.2) is 23.9 Å². The molecule has 0 bridgehead atoms. The molecule has 0 aliphatic carbocycles. The first-order chi connectivity index (χ1) is 8.18. The smallest absolute Gasteiger partial charge is 0.372 e. The van der Waals surface area contributed by atoms with Crippen molar-refractivity contribution in [3.63, 3.8) is 0 Å². The van der Waals surface area contributed by atoms with E-state index in [9.17, 15) is 14.4 Å². The van der Waals surface area contributed by atoms with Crippen molar-refractivity contribution in [2.75, 3.05) is 4.90 Å². The highest BCUT2D eigenvalue weighted by Gasteiger charge is 2.49. The number of aryl methyl sites for hydroxylation is 1. The molecule has 1 aromatic rings. The van der Waals surface area contributed by atoms with Gasteiger partial charge >= 0.3 is 5.97 Å². The Morgan fingerprint density at radius 3 is 2.53 bits per heavy atom. The Labute approximate surface area is 97.0 Å². The maximum Gasteiger partial charge on any atom is 0.372 e. The Kier molecular flexibility index (Phi) is 2.01. The molecule has 3 rings (SSSR count). The van der Waals surface area contributed by atoms with Crippen LogP contribution in [0.5, 0.6) is 0 Å². The molecule has 0 N–H and O–H groups in total. The first kappa shape index (κ1) is 10.0. The number of rotatable bonds is 1. The number of amides is 1. The monoisotopic (exact) mass is 231 g/mol. The van der Waals surface area contributed by atoms with E-state index in [0.29, 0.717) is 12.1 Å². The highest BCUT2D eigenvalue weighted by Crippen LogP contribution is 2.32. The molecule has 1 fully saturated rings. The van der Waals surface area contributed by atoms with Crippen molar-refractivity contribution in [1.82, 2.24) is 0 Å². The summed E-state index contributed by atoms with van der Waals surface area (Å²) in [6.45, 7) is 0. The number of carbonyl (C=O) groups excluding carboxylic acids is 3. The number of cyclic esters (lactones) is 1. The van der Waals surface area contributed by atoms with Crippen LogP contribution in [0.15, 0.2) is 24.3 Å². The first-order valence-corrected chi connectivity index (χ1v) is 5.33. The fourth-order valence-corrected chi connectivity index (χ4v) is 2.02. The maximum absolute atomic E-state index is 11.9. The molecule has 17 heavy (non-hydrogen) atoms. The van der Waals surface area contributed by atoms with Gasteiger partial charge in [-0.25, -0.2) is 4.79 Å². The molecule has 0 aromatic heterocycles. The van der Waals surface area contributed by atoms with Gasteiger partial charge in [0.2, 0.25) is 5.78 Å². The van der Waals surface area contributed by atoms with E-state index in [4.69, 9.17) is 4.74 Å². The molecule has 1 unspecified atom stereocenters. The van der Waals surface area contributed by atoms with E-state index in [1.54, 1.807) is 12.1 Å². The van der Waals surface area contributed by atoms with Gasteiger partial charge in [0, 0.05) is 6.42 Å². The van der Waals surface area contributed by atoms with Gasteiger partial charge in [-0.3, -0.25) is 14.5 Å². The molecule has 5 nitrogen and oxygen atoms in total. The van der Waals surface area contributed by atoms with Crippen molar-refractivity contribution >= 4 is 23.3 Å². The quantitative estimate of drug-likeness (QED) is 0.519. The fraction of sp³-hybridized carbons (Fsp3) is 0.250. The average molecular weight is 231 g/mol. The van der Waals surface area contributed by atoms with Gasteiger partial charge < -0.3 is 4.74 Å². The number of carbonyl (C=O) groups is 3. The zero-order valence-electron chi connectivity index (χ0n) is 8.88. The number of nitrogens with zero attached hydrogens (tertiary/aromatic N) is 1. The molecular weight excluding hydrogens is 222 g/mol. The predicted octanol–water partition coefficient (Wildman–Crippen LogP) is 0.418. The summed E-state index contributed by atoms with van der Waals surface area (Å²) in [5.74, 6) is -1.61. The Morgan fingerprint density at radius 2 is 1.82 bits per heavy atom. The van der Waals surface area contributed by atoms with Crippen LogP contribution in [0.2, 0.25) is 0 Å². The van der Waals surface area contributed by atoms with Crippen LogP contribution in [0.25, 0.3) is 0 Å². The fourth-order valence-electron chi connectivity index (χ4n) is 2.02. The maximum atomic E-state index is 11.9. The molecule has 1 atom stereocenters. The van der Waals surface area contributed by atoms with E-state index in [-0.39, 0.29) is 6.42 Å². The van der Waals surface area contributed by atoms with E-state index < -0.39 is 23.9 Å². The number of Topliss-reactive ketones (excluding diaryl/α,β-unsaturated/α-hetero) is 1. The summed E-state index contributed by atoms with van der Waals surface area (Å²) < 4.78 is 4.70. The van der Waals surface area contributed by atoms with Crippen LogP contribution < -0.4 is 4.90 Å². The molecule has 86 valence electrons. The molecule has 1 amide bonds. The number of ether oxygens (including phenoxy) is 1. The minimum absolute atomic E-state index is 0.174. The first-order valence-electron chi connectivity index (χ1n) is 5.33. The zero-order valence-corrected chi connectivity index (χ0v) is 8.88. The number of para-hydroxylation sites is 1. The third-order valence-electron chi connectivity index (χ3n) is 2.94. The predicted molar refractivity (Wildman–Crippen MR) is 57.1 cm³/mol. The third-order valence-corrected chi connectivity index (χ3v) is 2.94. The lowest BCUT2D eigenvalue weighted by molar-refractivity contribution is -0.136. The largest absolute Gasteiger partial charge is 0.425 e. The lowest BCUT2D eigenvalue weighted by Crippen LogP contribution is -2.38. The van der Waals surface area contributed by atoms with Crippen LogP contribution in [-0.2, 0) is 25.5 Å². The van der Waals surface area contributed by atoms with Gasteiger partial charge in [0.05, 0.1) is 5.69 Å². The van der Waals surface area contributed by atoms with Crippen molar-refractivity contribution in [2.24, 2.45) is 0 Å². The number of fused-ring (bicyclic) bond motifs is 1. The molecule has 0 spiro atoms. The van der Waals surface area contributed by atoms with Crippen LogP contribution >= 0.6 is 0 Å². The number of ketones is 1. The van der Waals surface area contributed by atoms with Crippen molar-refractivity contribution in [3.05, 3.63) is 29.8 Å². The molecule has 1 saturated heterocycles. The second-order valence-corrected chi connectivity index (χ2v) is 4.02. The summed E-state index contributed by atoms with van der Waals surface area (Å²) >= 11 is 0. The van der Waals surface area contributed by atoms with Gasteiger partial charge in [-0.15, -0.1) is 0 Å². The van der Waals surface area contributed by atoms with Crippen molar-refractivity contribution in [3.8, 4) is 0 Å². The van der Waals surface area contributed by atoms with Gasteiger partial charge in [-0.2, -0.15) is 0 Å². The number of hydrogen-bond acceptors (Lipinski definition) is 4. The van der Waals surface area contributed by atoms with Gasteiger partial charge in [0.1, 0.15) is 0 Å². The molecule has 2 aliphatic rings. The Morgan fingerprint density at radius 1 is 1.12 bits per heavy atom. The topological polar surface area (TPSA) is 67.0 Å². The van der Waals surface area contributed by atoms with Crippen molar-refractivity contribution < 1.29 is 19.1 Å². The number of hydrogen-bond donors (Lipinski definition) is 0. The summed E-state index contributed by atoms with van der Waals surface area (Å²) in [7, 11) is 0. The minimum atomic E-state index is -0.911. The van der Waals surface area contributed by atoms with E-state index >= 15 is 0 Å². The van der Waals surface area contributed by atoms with Crippen molar-refractivity contribution in [1.29, 1.82) is 0 Å². The highest BCUT2D eigenvalue weighted by molar-refractivity contribution is 6.42. The lowest BCUT2D eigenvalue weighted by atomic mass is 10.1.